The maximum absolute atomic E-state index is 12.6. The first-order valence-corrected chi connectivity index (χ1v) is 7.79. The molecule has 3 rings (SSSR count). The van der Waals surface area contributed by atoms with Crippen LogP contribution in [0.5, 0.6) is 0 Å². The van der Waals surface area contributed by atoms with Crippen LogP contribution in [0.4, 0.5) is 11.4 Å². The Morgan fingerprint density at radius 1 is 1.10 bits per heavy atom. The number of nitro benzene ring substituents is 1. The first-order valence-electron chi connectivity index (χ1n) is 6.35. The number of non-ortho nitro benzene ring substituents is 1. The molecule has 0 spiro atoms. The fraction of sp³-hybridized carbons (Fsp3) is 0.143. The van der Waals surface area contributed by atoms with Crippen LogP contribution in [-0.4, -0.2) is 19.9 Å². The van der Waals surface area contributed by atoms with Gasteiger partial charge in [0, 0.05) is 18.7 Å². The van der Waals surface area contributed by atoms with Crippen molar-refractivity contribution in [1.29, 1.82) is 0 Å². The van der Waals surface area contributed by atoms with E-state index in [-0.39, 0.29) is 10.6 Å². The predicted molar refractivity (Wildman–Crippen MR) is 77.8 cm³/mol. The SMILES string of the molecule is O=[N+]([O-])c1ccc2c(c1)N(S(=O)(=O)c1ccccc1)CC2. The minimum Gasteiger partial charge on any atom is -0.265 e. The first-order chi connectivity index (χ1) is 10.00. The second-order valence-electron chi connectivity index (χ2n) is 4.71. The van der Waals surface area contributed by atoms with Gasteiger partial charge in [-0.15, -0.1) is 0 Å². The van der Waals surface area contributed by atoms with Crippen LogP contribution >= 0.6 is 0 Å². The average molecular weight is 304 g/mol. The van der Waals surface area contributed by atoms with E-state index >= 15 is 0 Å². The molecule has 108 valence electrons. The van der Waals surface area contributed by atoms with E-state index in [0.717, 1.165) is 5.56 Å². The second-order valence-corrected chi connectivity index (χ2v) is 6.57. The summed E-state index contributed by atoms with van der Waals surface area (Å²) in [6.07, 6.45) is 0.555. The van der Waals surface area contributed by atoms with Gasteiger partial charge in [0.1, 0.15) is 0 Å². The summed E-state index contributed by atoms with van der Waals surface area (Å²) in [6.45, 7) is 0.299. The minimum atomic E-state index is -3.68. The molecule has 0 N–H and O–H groups in total. The van der Waals surface area contributed by atoms with Gasteiger partial charge in [0.2, 0.25) is 0 Å². The van der Waals surface area contributed by atoms with Crippen LogP contribution in [0.25, 0.3) is 0 Å². The van der Waals surface area contributed by atoms with E-state index < -0.39 is 14.9 Å². The van der Waals surface area contributed by atoms with Gasteiger partial charge < -0.3 is 0 Å². The van der Waals surface area contributed by atoms with E-state index in [0.29, 0.717) is 18.7 Å². The second kappa shape index (κ2) is 4.85. The van der Waals surface area contributed by atoms with Crippen LogP contribution in [0, 0.1) is 10.1 Å². The molecule has 0 bridgehead atoms. The Hall–Kier alpha value is -2.41. The van der Waals surface area contributed by atoms with Gasteiger partial charge in [-0.2, -0.15) is 0 Å². The normalized spacial score (nSPS) is 14.0. The number of benzene rings is 2. The highest BCUT2D eigenvalue weighted by molar-refractivity contribution is 7.92. The molecule has 0 aliphatic carbocycles. The topological polar surface area (TPSA) is 80.5 Å². The van der Waals surface area contributed by atoms with Crippen LogP contribution in [0.15, 0.2) is 53.4 Å². The van der Waals surface area contributed by atoms with Crippen LogP contribution in [0.3, 0.4) is 0 Å². The lowest BCUT2D eigenvalue weighted by Crippen LogP contribution is -2.29. The lowest BCUT2D eigenvalue weighted by atomic mass is 10.1. The van der Waals surface area contributed by atoms with E-state index in [9.17, 15) is 18.5 Å². The predicted octanol–water partition coefficient (Wildman–Crippen LogP) is 2.35. The largest absolute Gasteiger partial charge is 0.271 e. The van der Waals surface area contributed by atoms with Gasteiger partial charge in [-0.1, -0.05) is 24.3 Å². The van der Waals surface area contributed by atoms with E-state index in [1.807, 2.05) is 0 Å². The third-order valence-corrected chi connectivity index (χ3v) is 5.29. The zero-order valence-electron chi connectivity index (χ0n) is 11.0. The van der Waals surface area contributed by atoms with Crippen LogP contribution < -0.4 is 4.31 Å². The Kier molecular flexibility index (Phi) is 3.13. The maximum atomic E-state index is 12.6. The van der Waals surface area contributed by atoms with Crippen molar-refractivity contribution in [3.8, 4) is 0 Å². The van der Waals surface area contributed by atoms with Gasteiger partial charge >= 0.3 is 0 Å². The molecular weight excluding hydrogens is 292 g/mol. The van der Waals surface area contributed by atoms with Gasteiger partial charge in [0.15, 0.2) is 0 Å². The molecule has 0 fully saturated rings. The van der Waals surface area contributed by atoms with Crippen molar-refractivity contribution in [2.45, 2.75) is 11.3 Å². The van der Waals surface area contributed by atoms with Crippen molar-refractivity contribution < 1.29 is 13.3 Å². The zero-order valence-corrected chi connectivity index (χ0v) is 11.8. The van der Waals surface area contributed by atoms with Gasteiger partial charge in [-0.3, -0.25) is 14.4 Å². The zero-order chi connectivity index (χ0) is 15.0. The third-order valence-electron chi connectivity index (χ3n) is 3.46. The number of hydrogen-bond acceptors (Lipinski definition) is 4. The summed E-state index contributed by atoms with van der Waals surface area (Å²) in [5.41, 5.74) is 1.09. The Morgan fingerprint density at radius 2 is 1.81 bits per heavy atom. The van der Waals surface area contributed by atoms with Crippen molar-refractivity contribution in [2.75, 3.05) is 10.8 Å². The highest BCUT2D eigenvalue weighted by Gasteiger charge is 2.31. The average Bonchev–Trinajstić information content (AvgIpc) is 2.91. The maximum Gasteiger partial charge on any atom is 0.271 e. The number of hydrogen-bond donors (Lipinski definition) is 0. The number of anilines is 1. The van der Waals surface area contributed by atoms with Gasteiger partial charge in [0.05, 0.1) is 15.5 Å². The molecule has 0 aromatic heterocycles. The Bertz CT molecular complexity index is 803. The molecule has 0 unspecified atom stereocenters. The van der Waals surface area contributed by atoms with E-state index in [4.69, 9.17) is 0 Å². The van der Waals surface area contributed by atoms with Crippen molar-refractivity contribution >= 4 is 21.4 Å². The van der Waals surface area contributed by atoms with Crippen LogP contribution in [0.1, 0.15) is 5.56 Å². The van der Waals surface area contributed by atoms with Crippen LogP contribution in [-0.2, 0) is 16.4 Å². The van der Waals surface area contributed by atoms with Crippen molar-refractivity contribution in [1.82, 2.24) is 0 Å². The van der Waals surface area contributed by atoms with Crippen molar-refractivity contribution in [3.63, 3.8) is 0 Å². The molecule has 0 radical (unpaired) electrons. The Labute approximate surface area is 121 Å². The fourth-order valence-corrected chi connectivity index (χ4v) is 3.94. The molecule has 0 saturated heterocycles. The summed E-state index contributed by atoms with van der Waals surface area (Å²) >= 11 is 0. The molecule has 21 heavy (non-hydrogen) atoms. The molecule has 1 aliphatic heterocycles. The van der Waals surface area contributed by atoms with E-state index in [2.05, 4.69) is 0 Å². The molecule has 0 atom stereocenters. The van der Waals surface area contributed by atoms with Crippen molar-refractivity contribution in [2.24, 2.45) is 0 Å². The number of fused-ring (bicyclic) bond motifs is 1. The lowest BCUT2D eigenvalue weighted by molar-refractivity contribution is -0.384. The van der Waals surface area contributed by atoms with Gasteiger partial charge in [-0.25, -0.2) is 8.42 Å². The molecule has 2 aromatic carbocycles. The molecule has 2 aromatic rings. The lowest BCUT2D eigenvalue weighted by Gasteiger charge is -2.19. The standard InChI is InChI=1S/C14H12N2O4S/c17-16(18)12-7-6-11-8-9-15(14(11)10-12)21(19,20)13-4-2-1-3-5-13/h1-7,10H,8-9H2. The number of nitro groups is 1. The summed E-state index contributed by atoms with van der Waals surface area (Å²) in [4.78, 5) is 10.5. The monoisotopic (exact) mass is 304 g/mol. The highest BCUT2D eigenvalue weighted by Crippen LogP contribution is 2.35. The summed E-state index contributed by atoms with van der Waals surface area (Å²) in [6, 6.07) is 12.4. The first kappa shape index (κ1) is 13.6. The van der Waals surface area contributed by atoms with Gasteiger partial charge in [-0.05, 0) is 24.1 Å². The summed E-state index contributed by atoms with van der Waals surface area (Å²) in [7, 11) is -3.68. The highest BCUT2D eigenvalue weighted by atomic mass is 32.2. The smallest absolute Gasteiger partial charge is 0.265 e. The number of nitrogens with zero attached hydrogens (tertiary/aromatic N) is 2. The summed E-state index contributed by atoms with van der Waals surface area (Å²) < 4.78 is 26.5. The summed E-state index contributed by atoms with van der Waals surface area (Å²) in [5, 5.41) is 10.9. The molecule has 7 heteroatoms. The molecule has 1 aliphatic rings. The number of sulfonamides is 1. The molecule has 0 saturated carbocycles. The van der Waals surface area contributed by atoms with Crippen LogP contribution in [0.2, 0.25) is 0 Å². The quantitative estimate of drug-likeness (QED) is 0.644. The Morgan fingerprint density at radius 3 is 2.48 bits per heavy atom. The molecule has 0 amide bonds. The van der Waals surface area contributed by atoms with Crippen molar-refractivity contribution in [3.05, 3.63) is 64.2 Å². The Balaban J connectivity index is 2.08. The molecule has 1 heterocycles. The van der Waals surface area contributed by atoms with E-state index in [1.54, 1.807) is 24.3 Å². The molecular formula is C14H12N2O4S. The van der Waals surface area contributed by atoms with E-state index in [1.165, 1.54) is 28.6 Å². The minimum absolute atomic E-state index is 0.107. The number of rotatable bonds is 3. The summed E-state index contributed by atoms with van der Waals surface area (Å²) in [5.74, 6) is 0. The third kappa shape index (κ3) is 2.25. The fourth-order valence-electron chi connectivity index (χ4n) is 2.42. The molecule has 6 nitrogen and oxygen atoms in total. The van der Waals surface area contributed by atoms with Gasteiger partial charge in [0.25, 0.3) is 15.7 Å².